The Kier molecular flexibility index (Phi) is 6.52. The molecule has 0 atom stereocenters. The molecule has 0 aromatic heterocycles. The van der Waals surface area contributed by atoms with Crippen molar-refractivity contribution < 1.29 is 31.9 Å². The monoisotopic (exact) mass is 347 g/mol. The van der Waals surface area contributed by atoms with E-state index in [1.54, 1.807) is 0 Å². The van der Waals surface area contributed by atoms with Crippen LogP contribution in [0.25, 0.3) is 0 Å². The van der Waals surface area contributed by atoms with Gasteiger partial charge in [0.15, 0.2) is 6.19 Å². The van der Waals surface area contributed by atoms with Gasteiger partial charge in [0.1, 0.15) is 5.75 Å². The predicted octanol–water partition coefficient (Wildman–Crippen LogP) is 2.63. The summed E-state index contributed by atoms with van der Waals surface area (Å²) in [7, 11) is 0. The van der Waals surface area contributed by atoms with Crippen LogP contribution >= 0.6 is 0 Å². The molecule has 6 nitrogen and oxygen atoms in total. The van der Waals surface area contributed by atoms with Gasteiger partial charge in [0.25, 0.3) is 5.92 Å². The number of carbonyl (C=O) groups is 2. The summed E-state index contributed by atoms with van der Waals surface area (Å²) in [5.41, 5.74) is 4.58. The van der Waals surface area contributed by atoms with E-state index in [9.17, 15) is 27.2 Å². The third-order valence-corrected chi connectivity index (χ3v) is 2.91. The Morgan fingerprint density at radius 1 is 1.33 bits per heavy atom. The molecule has 1 aromatic carbocycles. The molecule has 0 aliphatic carbocycles. The van der Waals surface area contributed by atoms with E-state index in [1.807, 2.05) is 0 Å². The normalized spacial score (nSPS) is 11.0. The van der Waals surface area contributed by atoms with Crippen molar-refractivity contribution in [1.29, 1.82) is 5.26 Å². The quantitative estimate of drug-likeness (QED) is 0.466. The first-order valence-electron chi connectivity index (χ1n) is 6.59. The number of hydrogen-bond donors (Lipinski definition) is 1. The first kappa shape index (κ1) is 19.2. The van der Waals surface area contributed by atoms with Crippen molar-refractivity contribution in [3.05, 3.63) is 29.8 Å². The van der Waals surface area contributed by atoms with E-state index >= 15 is 0 Å². The van der Waals surface area contributed by atoms with Crippen LogP contribution in [0.4, 0.5) is 22.4 Å². The van der Waals surface area contributed by atoms with Crippen LogP contribution in [0.2, 0.25) is 0 Å². The number of urea groups is 1. The Balaban J connectivity index is 2.75. The van der Waals surface area contributed by atoms with E-state index in [2.05, 4.69) is 4.74 Å². The Labute approximate surface area is 134 Å². The Morgan fingerprint density at radius 2 is 1.96 bits per heavy atom. The number of benzene rings is 1. The number of nitriles is 1. The number of halogens is 4. The number of hydrogen-bond acceptors (Lipinski definition) is 4. The number of imide groups is 1. The second-order valence-electron chi connectivity index (χ2n) is 4.69. The zero-order valence-corrected chi connectivity index (χ0v) is 12.2. The fourth-order valence-electron chi connectivity index (χ4n) is 1.86. The van der Waals surface area contributed by atoms with Crippen LogP contribution < -0.4 is 10.5 Å². The molecule has 0 bridgehead atoms. The highest BCUT2D eigenvalue weighted by atomic mass is 19.3. The van der Waals surface area contributed by atoms with Gasteiger partial charge in [-0.1, -0.05) is 18.2 Å². The molecule has 0 unspecified atom stereocenters. The van der Waals surface area contributed by atoms with Crippen molar-refractivity contribution in [2.45, 2.75) is 31.8 Å². The van der Waals surface area contributed by atoms with Crippen LogP contribution in [-0.4, -0.2) is 29.4 Å². The number of rotatable bonds is 7. The molecule has 2 N–H and O–H groups in total. The van der Waals surface area contributed by atoms with E-state index in [0.717, 1.165) is 6.07 Å². The SMILES string of the molecule is N#CN(C(N)=O)C(=O)CCC(F)(F)Cc1ccccc1OC(F)F. The molecule has 0 heterocycles. The average Bonchev–Trinajstić information content (AvgIpc) is 2.47. The van der Waals surface area contributed by atoms with Crippen molar-refractivity contribution in [1.82, 2.24) is 4.90 Å². The minimum Gasteiger partial charge on any atom is -0.435 e. The summed E-state index contributed by atoms with van der Waals surface area (Å²) in [6.45, 7) is -3.17. The fraction of sp³-hybridized carbons (Fsp3) is 0.357. The van der Waals surface area contributed by atoms with Crippen molar-refractivity contribution in [2.24, 2.45) is 5.73 Å². The Bertz CT molecular complexity index is 646. The van der Waals surface area contributed by atoms with E-state index in [4.69, 9.17) is 11.0 Å². The number of para-hydroxylation sites is 1. The molecule has 0 aliphatic rings. The second kappa shape index (κ2) is 8.14. The van der Waals surface area contributed by atoms with E-state index in [0.29, 0.717) is 0 Å². The number of amides is 3. The number of nitrogens with zero attached hydrogens (tertiary/aromatic N) is 2. The molecule has 0 aliphatic heterocycles. The number of carbonyl (C=O) groups excluding carboxylic acids is 2. The van der Waals surface area contributed by atoms with Crippen molar-refractivity contribution in [2.75, 3.05) is 0 Å². The molecule has 1 rings (SSSR count). The van der Waals surface area contributed by atoms with Crippen LogP contribution in [0.15, 0.2) is 24.3 Å². The highest BCUT2D eigenvalue weighted by Crippen LogP contribution is 2.30. The molecule has 1 aromatic rings. The number of primary amides is 1. The van der Waals surface area contributed by atoms with Crippen molar-refractivity contribution in [3.63, 3.8) is 0 Å². The molecular weight excluding hydrogens is 334 g/mol. The Hall–Kier alpha value is -2.83. The first-order valence-corrected chi connectivity index (χ1v) is 6.59. The summed E-state index contributed by atoms with van der Waals surface area (Å²) < 4.78 is 56.6. The molecule has 0 spiro atoms. The maximum Gasteiger partial charge on any atom is 0.387 e. The van der Waals surface area contributed by atoms with Gasteiger partial charge in [0.05, 0.1) is 0 Å². The minimum absolute atomic E-state index is 0.0378. The van der Waals surface area contributed by atoms with Gasteiger partial charge in [0, 0.05) is 24.8 Å². The largest absolute Gasteiger partial charge is 0.435 e. The smallest absolute Gasteiger partial charge is 0.387 e. The van der Waals surface area contributed by atoms with Crippen LogP contribution in [0.5, 0.6) is 5.75 Å². The summed E-state index contributed by atoms with van der Waals surface area (Å²) in [6.07, 6.45) is -1.59. The maximum atomic E-state index is 13.9. The zero-order valence-electron chi connectivity index (χ0n) is 12.2. The summed E-state index contributed by atoms with van der Waals surface area (Å²) >= 11 is 0. The molecule has 0 fully saturated rings. The molecule has 3 amide bonds. The molecule has 0 saturated carbocycles. The van der Waals surface area contributed by atoms with Gasteiger partial charge in [-0.3, -0.25) is 4.79 Å². The van der Waals surface area contributed by atoms with Gasteiger partial charge in [-0.15, -0.1) is 0 Å². The number of alkyl halides is 4. The molecule has 130 valence electrons. The van der Waals surface area contributed by atoms with Gasteiger partial charge in [-0.2, -0.15) is 18.9 Å². The molecule has 0 saturated heterocycles. The van der Waals surface area contributed by atoms with Crippen molar-refractivity contribution in [3.8, 4) is 11.9 Å². The lowest BCUT2D eigenvalue weighted by Crippen LogP contribution is -2.37. The van der Waals surface area contributed by atoms with Gasteiger partial charge >= 0.3 is 12.6 Å². The second-order valence-corrected chi connectivity index (χ2v) is 4.69. The molecule has 24 heavy (non-hydrogen) atoms. The third-order valence-electron chi connectivity index (χ3n) is 2.91. The highest BCUT2D eigenvalue weighted by Gasteiger charge is 2.33. The summed E-state index contributed by atoms with van der Waals surface area (Å²) in [4.78, 5) is 22.2. The first-order chi connectivity index (χ1) is 11.2. The lowest BCUT2D eigenvalue weighted by atomic mass is 10.0. The maximum absolute atomic E-state index is 13.9. The Morgan fingerprint density at radius 3 is 2.50 bits per heavy atom. The van der Waals surface area contributed by atoms with Crippen LogP contribution in [0.3, 0.4) is 0 Å². The predicted molar refractivity (Wildman–Crippen MR) is 73.0 cm³/mol. The standard InChI is InChI=1S/C14H13F4N3O3/c15-12(16)24-10-4-2-1-3-9(10)7-14(17,18)6-5-11(22)21(8-19)13(20)23/h1-4,12H,5-7H2,(H2,20,23). The van der Waals surface area contributed by atoms with Crippen molar-refractivity contribution >= 4 is 11.9 Å². The zero-order chi connectivity index (χ0) is 18.3. The van der Waals surface area contributed by atoms with Gasteiger partial charge in [0.2, 0.25) is 5.91 Å². The lowest BCUT2D eigenvalue weighted by Gasteiger charge is -2.19. The molecule has 10 heteroatoms. The van der Waals surface area contributed by atoms with Crippen LogP contribution in [-0.2, 0) is 11.2 Å². The van der Waals surface area contributed by atoms with E-state index in [-0.39, 0.29) is 10.5 Å². The molecular formula is C14H13F4N3O3. The average molecular weight is 347 g/mol. The highest BCUT2D eigenvalue weighted by molar-refractivity contribution is 5.95. The summed E-state index contributed by atoms with van der Waals surface area (Å²) in [6, 6.07) is 3.66. The van der Waals surface area contributed by atoms with Crippen LogP contribution in [0, 0.1) is 11.5 Å². The fourth-order valence-corrected chi connectivity index (χ4v) is 1.86. The minimum atomic E-state index is -3.45. The summed E-state index contributed by atoms with van der Waals surface area (Å²) in [5, 5.41) is 8.53. The number of nitrogens with two attached hydrogens (primary N) is 1. The number of ether oxygens (including phenoxy) is 1. The molecule has 0 radical (unpaired) electrons. The van der Waals surface area contributed by atoms with Gasteiger partial charge in [-0.25, -0.2) is 13.6 Å². The topological polar surface area (TPSA) is 96.4 Å². The third kappa shape index (κ3) is 5.75. The van der Waals surface area contributed by atoms with E-state index in [1.165, 1.54) is 24.4 Å². The van der Waals surface area contributed by atoms with E-state index < -0.39 is 49.5 Å². The lowest BCUT2D eigenvalue weighted by molar-refractivity contribution is -0.127. The van der Waals surface area contributed by atoms with Gasteiger partial charge in [-0.05, 0) is 6.07 Å². The van der Waals surface area contributed by atoms with Crippen LogP contribution in [0.1, 0.15) is 18.4 Å². The summed E-state index contributed by atoms with van der Waals surface area (Å²) in [5.74, 6) is -5.02. The van der Waals surface area contributed by atoms with Gasteiger partial charge < -0.3 is 10.5 Å².